The summed E-state index contributed by atoms with van der Waals surface area (Å²) < 4.78 is 0. The fourth-order valence-corrected chi connectivity index (χ4v) is 1.61. The van der Waals surface area contributed by atoms with Crippen molar-refractivity contribution < 1.29 is 0 Å². The molecule has 0 aliphatic rings. The van der Waals surface area contributed by atoms with Gasteiger partial charge in [-0.25, -0.2) is 5.10 Å². The molecule has 0 atom stereocenters. The number of nitrogens with one attached hydrogen (secondary N) is 1. The SMILES string of the molecule is CCc1n[nH]c(=O)c2cc(C)ccc12. The molecule has 0 spiro atoms. The minimum atomic E-state index is -0.110. The maximum atomic E-state index is 11.5. The number of hydrogen-bond donors (Lipinski definition) is 1. The average Bonchev–Trinajstić information content (AvgIpc) is 2.19. The third kappa shape index (κ3) is 1.31. The van der Waals surface area contributed by atoms with Crippen LogP contribution in [0.3, 0.4) is 0 Å². The van der Waals surface area contributed by atoms with Gasteiger partial charge in [-0.3, -0.25) is 4.79 Å². The van der Waals surface area contributed by atoms with Crippen LogP contribution >= 0.6 is 0 Å². The molecule has 0 unspecified atom stereocenters. The topological polar surface area (TPSA) is 45.8 Å². The summed E-state index contributed by atoms with van der Waals surface area (Å²) in [6.07, 6.45) is 0.830. The summed E-state index contributed by atoms with van der Waals surface area (Å²) in [5.74, 6) is 0. The van der Waals surface area contributed by atoms with E-state index in [1.807, 2.05) is 32.0 Å². The van der Waals surface area contributed by atoms with Crippen molar-refractivity contribution >= 4 is 10.8 Å². The fourth-order valence-electron chi connectivity index (χ4n) is 1.61. The van der Waals surface area contributed by atoms with Crippen molar-refractivity contribution in [1.82, 2.24) is 10.2 Å². The van der Waals surface area contributed by atoms with Gasteiger partial charge in [0.25, 0.3) is 5.56 Å². The largest absolute Gasteiger partial charge is 0.272 e. The Morgan fingerprint density at radius 3 is 2.86 bits per heavy atom. The van der Waals surface area contributed by atoms with Crippen LogP contribution in [0.4, 0.5) is 0 Å². The van der Waals surface area contributed by atoms with E-state index in [-0.39, 0.29) is 5.56 Å². The summed E-state index contributed by atoms with van der Waals surface area (Å²) in [5.41, 5.74) is 1.93. The van der Waals surface area contributed by atoms with E-state index in [9.17, 15) is 4.79 Å². The molecule has 0 aliphatic heterocycles. The maximum absolute atomic E-state index is 11.5. The highest BCUT2D eigenvalue weighted by atomic mass is 16.1. The second-order valence-corrected chi connectivity index (χ2v) is 3.40. The standard InChI is InChI=1S/C11H12N2O/c1-3-10-8-5-4-7(2)6-9(8)11(14)13-12-10/h4-6H,3H2,1-2H3,(H,13,14). The predicted molar refractivity (Wildman–Crippen MR) is 56.5 cm³/mol. The molecular weight excluding hydrogens is 176 g/mol. The first-order chi connectivity index (χ1) is 6.72. The van der Waals surface area contributed by atoms with Gasteiger partial charge in [-0.05, 0) is 19.4 Å². The second kappa shape index (κ2) is 3.25. The number of nitrogens with zero attached hydrogens (tertiary/aromatic N) is 1. The zero-order valence-corrected chi connectivity index (χ0v) is 8.29. The molecular formula is C11H12N2O. The van der Waals surface area contributed by atoms with Crippen LogP contribution in [0.1, 0.15) is 18.2 Å². The van der Waals surface area contributed by atoms with Crippen molar-refractivity contribution in [1.29, 1.82) is 0 Å². The van der Waals surface area contributed by atoms with Gasteiger partial charge in [-0.1, -0.05) is 24.6 Å². The number of aromatic nitrogens is 2. The van der Waals surface area contributed by atoms with Crippen molar-refractivity contribution in [3.05, 3.63) is 39.8 Å². The Balaban J connectivity index is 2.91. The van der Waals surface area contributed by atoms with E-state index in [1.165, 1.54) is 0 Å². The van der Waals surface area contributed by atoms with E-state index < -0.39 is 0 Å². The molecule has 0 aliphatic carbocycles. The molecule has 1 N–H and O–H groups in total. The maximum Gasteiger partial charge on any atom is 0.272 e. The average molecular weight is 188 g/mol. The van der Waals surface area contributed by atoms with E-state index >= 15 is 0 Å². The number of rotatable bonds is 1. The monoisotopic (exact) mass is 188 g/mol. The van der Waals surface area contributed by atoms with Crippen LogP contribution < -0.4 is 5.56 Å². The molecule has 0 saturated carbocycles. The first kappa shape index (κ1) is 8.94. The molecule has 0 fully saturated rings. The van der Waals surface area contributed by atoms with E-state index in [0.29, 0.717) is 0 Å². The normalized spacial score (nSPS) is 10.7. The summed E-state index contributed by atoms with van der Waals surface area (Å²) in [5, 5.41) is 8.23. The molecule has 0 saturated heterocycles. The number of benzene rings is 1. The van der Waals surface area contributed by atoms with Gasteiger partial charge in [0.2, 0.25) is 0 Å². The first-order valence-corrected chi connectivity index (χ1v) is 4.70. The molecule has 0 radical (unpaired) electrons. The molecule has 0 bridgehead atoms. The first-order valence-electron chi connectivity index (χ1n) is 4.70. The molecule has 1 aromatic heterocycles. The molecule has 2 rings (SSSR count). The van der Waals surface area contributed by atoms with Gasteiger partial charge < -0.3 is 0 Å². The van der Waals surface area contributed by atoms with Crippen molar-refractivity contribution in [3.63, 3.8) is 0 Å². The van der Waals surface area contributed by atoms with Gasteiger partial charge in [0.15, 0.2) is 0 Å². The second-order valence-electron chi connectivity index (χ2n) is 3.40. The van der Waals surface area contributed by atoms with Crippen molar-refractivity contribution in [2.45, 2.75) is 20.3 Å². The third-order valence-electron chi connectivity index (χ3n) is 2.36. The number of aryl methyl sites for hydroxylation is 2. The molecule has 3 nitrogen and oxygen atoms in total. The Bertz CT molecular complexity index is 528. The quantitative estimate of drug-likeness (QED) is 0.741. The molecule has 3 heteroatoms. The van der Waals surface area contributed by atoms with Gasteiger partial charge in [0.1, 0.15) is 0 Å². The summed E-state index contributed by atoms with van der Waals surface area (Å²) in [4.78, 5) is 11.5. The van der Waals surface area contributed by atoms with Crippen LogP contribution in [0.25, 0.3) is 10.8 Å². The molecule has 2 aromatic rings. The summed E-state index contributed by atoms with van der Waals surface area (Å²) in [7, 11) is 0. The molecule has 0 amide bonds. The van der Waals surface area contributed by atoms with Crippen LogP contribution in [-0.2, 0) is 6.42 Å². The zero-order chi connectivity index (χ0) is 10.1. The highest BCUT2D eigenvalue weighted by Gasteiger charge is 2.03. The van der Waals surface area contributed by atoms with E-state index in [0.717, 1.165) is 28.5 Å². The molecule has 14 heavy (non-hydrogen) atoms. The Morgan fingerprint density at radius 1 is 1.36 bits per heavy atom. The lowest BCUT2D eigenvalue weighted by atomic mass is 10.1. The zero-order valence-electron chi connectivity index (χ0n) is 8.29. The van der Waals surface area contributed by atoms with Crippen LogP contribution in [0.5, 0.6) is 0 Å². The highest BCUT2D eigenvalue weighted by Crippen LogP contribution is 2.14. The van der Waals surface area contributed by atoms with Crippen LogP contribution in [-0.4, -0.2) is 10.2 Å². The Morgan fingerprint density at radius 2 is 2.14 bits per heavy atom. The lowest BCUT2D eigenvalue weighted by Gasteiger charge is -2.02. The number of H-pyrrole nitrogens is 1. The van der Waals surface area contributed by atoms with Gasteiger partial charge in [0, 0.05) is 5.39 Å². The van der Waals surface area contributed by atoms with Crippen LogP contribution in [0.15, 0.2) is 23.0 Å². The van der Waals surface area contributed by atoms with Gasteiger partial charge in [0.05, 0.1) is 11.1 Å². The Labute approximate surface area is 81.8 Å². The van der Waals surface area contributed by atoms with E-state index in [2.05, 4.69) is 10.2 Å². The van der Waals surface area contributed by atoms with Gasteiger partial charge in [-0.15, -0.1) is 0 Å². The lowest BCUT2D eigenvalue weighted by molar-refractivity contribution is 0.918. The molecule has 1 heterocycles. The van der Waals surface area contributed by atoms with Gasteiger partial charge >= 0.3 is 0 Å². The molecule has 1 aromatic carbocycles. The lowest BCUT2D eigenvalue weighted by Crippen LogP contribution is -2.10. The third-order valence-corrected chi connectivity index (χ3v) is 2.36. The van der Waals surface area contributed by atoms with Crippen molar-refractivity contribution in [2.75, 3.05) is 0 Å². The van der Waals surface area contributed by atoms with E-state index in [4.69, 9.17) is 0 Å². The van der Waals surface area contributed by atoms with E-state index in [1.54, 1.807) is 0 Å². The Hall–Kier alpha value is -1.64. The van der Waals surface area contributed by atoms with Crippen molar-refractivity contribution in [2.24, 2.45) is 0 Å². The summed E-state index contributed by atoms with van der Waals surface area (Å²) in [6, 6.07) is 5.86. The van der Waals surface area contributed by atoms with Crippen molar-refractivity contribution in [3.8, 4) is 0 Å². The summed E-state index contributed by atoms with van der Waals surface area (Å²) in [6.45, 7) is 4.00. The number of aromatic amines is 1. The fraction of sp³-hybridized carbons (Fsp3) is 0.273. The predicted octanol–water partition coefficient (Wildman–Crippen LogP) is 1.79. The number of hydrogen-bond acceptors (Lipinski definition) is 2. The highest BCUT2D eigenvalue weighted by molar-refractivity contribution is 5.84. The van der Waals surface area contributed by atoms with Gasteiger partial charge in [-0.2, -0.15) is 5.10 Å². The minimum absolute atomic E-state index is 0.110. The number of fused-ring (bicyclic) bond motifs is 1. The molecule has 72 valence electrons. The smallest absolute Gasteiger partial charge is 0.267 e. The minimum Gasteiger partial charge on any atom is -0.267 e. The van der Waals surface area contributed by atoms with Crippen LogP contribution in [0.2, 0.25) is 0 Å². The summed E-state index contributed by atoms with van der Waals surface area (Å²) >= 11 is 0. The van der Waals surface area contributed by atoms with Crippen LogP contribution in [0, 0.1) is 6.92 Å². The Kier molecular flexibility index (Phi) is 2.08.